The topological polar surface area (TPSA) is 125 Å². The number of carbonyl (C=O) groups excluding carboxylic acids is 4. The molecule has 36 heavy (non-hydrogen) atoms. The Balaban J connectivity index is 1.78. The lowest BCUT2D eigenvalue weighted by molar-refractivity contribution is -0.158. The van der Waals surface area contributed by atoms with Crippen molar-refractivity contribution in [2.45, 2.75) is 69.9 Å². The highest BCUT2D eigenvalue weighted by Gasteiger charge is 2.74. The number of likely N-dealkylation sites (tertiary alicyclic amines) is 1. The predicted octanol–water partition coefficient (Wildman–Crippen LogP) is 0.877. The summed E-state index contributed by atoms with van der Waals surface area (Å²) in [7, 11) is 0. The summed E-state index contributed by atoms with van der Waals surface area (Å²) in [5.41, 5.74) is -1.32. The van der Waals surface area contributed by atoms with Crippen molar-refractivity contribution >= 4 is 39.6 Å². The molecule has 11 heteroatoms. The van der Waals surface area contributed by atoms with Gasteiger partial charge in [0.15, 0.2) is 0 Å². The molecule has 0 unspecified atom stereocenters. The number of ether oxygens (including phenoxy) is 2. The largest absolute Gasteiger partial charge is 0.460 e. The number of aliphatic hydroxyl groups excluding tert-OH is 1. The van der Waals surface area contributed by atoms with Gasteiger partial charge in [-0.25, -0.2) is 0 Å². The number of nitrogens with one attached hydrogen (secondary N) is 1. The molecule has 198 valence electrons. The van der Waals surface area contributed by atoms with E-state index in [4.69, 9.17) is 9.47 Å². The first kappa shape index (κ1) is 26.8. The van der Waals surface area contributed by atoms with Gasteiger partial charge in [0.1, 0.15) is 29.8 Å². The molecule has 4 rings (SSSR count). The van der Waals surface area contributed by atoms with Crippen molar-refractivity contribution in [1.29, 1.82) is 0 Å². The summed E-state index contributed by atoms with van der Waals surface area (Å²) in [5.74, 6) is -3.27. The van der Waals surface area contributed by atoms with Crippen molar-refractivity contribution in [2.75, 3.05) is 26.2 Å². The lowest BCUT2D eigenvalue weighted by atomic mass is 9.74. The van der Waals surface area contributed by atoms with Crippen LogP contribution < -0.4 is 5.32 Å². The van der Waals surface area contributed by atoms with Crippen LogP contribution in [0.4, 0.5) is 0 Å². The fourth-order valence-electron chi connectivity index (χ4n) is 5.64. The zero-order valence-electron chi connectivity index (χ0n) is 20.8. The van der Waals surface area contributed by atoms with Gasteiger partial charge < -0.3 is 29.7 Å². The Morgan fingerprint density at radius 2 is 1.97 bits per heavy atom. The van der Waals surface area contributed by atoms with Gasteiger partial charge in [0, 0.05) is 36.6 Å². The van der Waals surface area contributed by atoms with Crippen LogP contribution in [0.2, 0.25) is 0 Å². The van der Waals surface area contributed by atoms with Crippen LogP contribution in [0.25, 0.3) is 0 Å². The molecule has 0 aromatic carbocycles. The van der Waals surface area contributed by atoms with Crippen LogP contribution in [0.1, 0.15) is 40.0 Å². The van der Waals surface area contributed by atoms with Crippen LogP contribution in [-0.4, -0.2) is 94.7 Å². The van der Waals surface area contributed by atoms with Gasteiger partial charge in [-0.1, -0.05) is 28.1 Å². The van der Waals surface area contributed by atoms with Crippen molar-refractivity contribution < 1.29 is 33.8 Å². The monoisotopic (exact) mass is 567 g/mol. The molecule has 0 aliphatic carbocycles. The quantitative estimate of drug-likeness (QED) is 0.381. The fourth-order valence-corrected chi connectivity index (χ4v) is 6.38. The van der Waals surface area contributed by atoms with E-state index in [9.17, 15) is 24.3 Å². The first-order chi connectivity index (χ1) is 17.1. The molecule has 0 saturated carbocycles. The summed E-state index contributed by atoms with van der Waals surface area (Å²) in [6.07, 6.45) is 5.19. The normalized spacial score (nSPS) is 36.2. The van der Waals surface area contributed by atoms with Gasteiger partial charge in [-0.3, -0.25) is 19.2 Å². The molecule has 4 aliphatic rings. The molecule has 2 N–H and O–H groups in total. The average Bonchev–Trinajstić information content (AvgIpc) is 3.40. The van der Waals surface area contributed by atoms with E-state index in [1.54, 1.807) is 17.9 Å². The number of halogens is 1. The smallest absolute Gasteiger partial charge is 0.313 e. The fraction of sp³-hybridized carbons (Fsp3) is 0.680. The number of fused-ring (bicyclic) bond motifs is 2. The molecule has 4 aliphatic heterocycles. The number of hydrogen-bond donors (Lipinski definition) is 2. The minimum atomic E-state index is -1.32. The maximum Gasteiger partial charge on any atom is 0.313 e. The third kappa shape index (κ3) is 4.61. The maximum absolute atomic E-state index is 14.1. The van der Waals surface area contributed by atoms with Crippen molar-refractivity contribution in [3.05, 3.63) is 22.7 Å². The molecule has 10 nitrogen and oxygen atoms in total. The molecule has 2 fully saturated rings. The molecule has 0 aromatic rings. The highest BCUT2D eigenvalue weighted by atomic mass is 79.9. The molecule has 3 amide bonds. The Morgan fingerprint density at radius 3 is 2.67 bits per heavy atom. The molecule has 5 bridgehead atoms. The van der Waals surface area contributed by atoms with E-state index in [1.165, 1.54) is 4.90 Å². The van der Waals surface area contributed by atoms with E-state index in [1.807, 2.05) is 26.0 Å². The predicted molar refractivity (Wildman–Crippen MR) is 133 cm³/mol. The van der Waals surface area contributed by atoms with Gasteiger partial charge >= 0.3 is 5.97 Å². The van der Waals surface area contributed by atoms with Crippen LogP contribution >= 0.6 is 15.9 Å². The minimum absolute atomic E-state index is 0.142. The Kier molecular flexibility index (Phi) is 7.92. The van der Waals surface area contributed by atoms with Gasteiger partial charge in [-0.15, -0.1) is 0 Å². The van der Waals surface area contributed by atoms with Crippen molar-refractivity contribution in [3.63, 3.8) is 0 Å². The number of allylic oxidation sites excluding steroid dienone is 1. The number of cyclic esters (lactones) is 1. The second-order valence-electron chi connectivity index (χ2n) is 10.1. The van der Waals surface area contributed by atoms with Crippen LogP contribution in [0.5, 0.6) is 0 Å². The lowest BCUT2D eigenvalue weighted by Gasteiger charge is -2.37. The summed E-state index contributed by atoms with van der Waals surface area (Å²) >= 11 is 3.50. The highest BCUT2D eigenvalue weighted by molar-refractivity contribution is 9.11. The molecule has 6 atom stereocenters. The third-order valence-corrected chi connectivity index (χ3v) is 7.99. The molecule has 4 heterocycles. The summed E-state index contributed by atoms with van der Waals surface area (Å²) in [4.78, 5) is 56.6. The van der Waals surface area contributed by atoms with E-state index < -0.39 is 41.7 Å². The number of rotatable bonds is 4. The SMILES string of the molecule is CC(C)N1C/C=C\CCC(=O)NC[C@@H](C)OC(=O)[C@@H]2[C@H]3O[C@@]4(C=C3Br)[C@H](C1=O)N(CCCO)C(=O)[C@@H]24. The maximum atomic E-state index is 14.1. The number of carbonyl (C=O) groups is 4. The zero-order chi connectivity index (χ0) is 26.2. The van der Waals surface area contributed by atoms with E-state index in [0.29, 0.717) is 23.9 Å². The number of aliphatic hydroxyl groups is 1. The number of amides is 3. The summed E-state index contributed by atoms with van der Waals surface area (Å²) in [6.45, 7) is 5.94. The number of esters is 1. The van der Waals surface area contributed by atoms with Crippen LogP contribution in [0.3, 0.4) is 0 Å². The second-order valence-corrected chi connectivity index (χ2v) is 11.0. The molecule has 1 spiro atoms. The third-order valence-electron chi connectivity index (χ3n) is 7.31. The van der Waals surface area contributed by atoms with E-state index >= 15 is 0 Å². The molecule has 2 saturated heterocycles. The summed E-state index contributed by atoms with van der Waals surface area (Å²) in [5, 5.41) is 12.2. The molecular formula is C25H34BrN3O7. The van der Waals surface area contributed by atoms with Gasteiger partial charge in [-0.2, -0.15) is 0 Å². The van der Waals surface area contributed by atoms with Gasteiger partial charge in [0.05, 0.1) is 12.5 Å². The van der Waals surface area contributed by atoms with Gasteiger partial charge in [0.2, 0.25) is 17.7 Å². The van der Waals surface area contributed by atoms with Crippen LogP contribution in [0, 0.1) is 11.8 Å². The minimum Gasteiger partial charge on any atom is -0.460 e. The Bertz CT molecular complexity index is 983. The van der Waals surface area contributed by atoms with Crippen molar-refractivity contribution in [3.8, 4) is 0 Å². The Labute approximate surface area is 219 Å². The summed E-state index contributed by atoms with van der Waals surface area (Å²) < 4.78 is 12.6. The van der Waals surface area contributed by atoms with Gasteiger partial charge in [0.25, 0.3) is 0 Å². The number of hydrogen-bond acceptors (Lipinski definition) is 7. The van der Waals surface area contributed by atoms with E-state index in [2.05, 4.69) is 21.2 Å². The first-order valence-corrected chi connectivity index (χ1v) is 13.3. The Hall–Kier alpha value is -2.24. The first-order valence-electron chi connectivity index (χ1n) is 12.5. The summed E-state index contributed by atoms with van der Waals surface area (Å²) in [6, 6.07) is -1.16. The second kappa shape index (κ2) is 10.6. The van der Waals surface area contributed by atoms with Crippen molar-refractivity contribution in [1.82, 2.24) is 15.1 Å². The number of nitrogens with zero attached hydrogens (tertiary/aromatic N) is 2. The molecular weight excluding hydrogens is 534 g/mol. The van der Waals surface area contributed by atoms with Gasteiger partial charge in [-0.05, 0) is 39.7 Å². The van der Waals surface area contributed by atoms with E-state index in [0.717, 1.165) is 0 Å². The highest BCUT2D eigenvalue weighted by Crippen LogP contribution is 2.58. The zero-order valence-corrected chi connectivity index (χ0v) is 22.4. The van der Waals surface area contributed by atoms with Crippen molar-refractivity contribution in [2.24, 2.45) is 11.8 Å². The molecule has 0 radical (unpaired) electrons. The standard InChI is InChI=1S/C25H34BrN3O7/c1-14(2)28-9-6-4-5-8-17(31)27-13-15(3)35-24(34)18-19-22(32)29(10-7-11-30)21(23(28)33)25(19)12-16(26)20(18)36-25/h4,6,12,14-15,18-21,30H,5,7-11,13H2,1-3H3,(H,27,31)/b6-4-/t15-,18+,19-,20+,21+,25-/m1/s1. The van der Waals surface area contributed by atoms with Crippen LogP contribution in [-0.2, 0) is 28.7 Å². The molecule has 0 aromatic heterocycles. The lowest BCUT2D eigenvalue weighted by Crippen LogP contribution is -2.57. The Morgan fingerprint density at radius 1 is 1.22 bits per heavy atom. The average molecular weight is 568 g/mol. The van der Waals surface area contributed by atoms with E-state index in [-0.39, 0.29) is 49.9 Å². The van der Waals surface area contributed by atoms with Crippen LogP contribution in [0.15, 0.2) is 22.7 Å².